The van der Waals surface area contributed by atoms with E-state index in [2.05, 4.69) is 19.2 Å². The lowest BCUT2D eigenvalue weighted by atomic mass is 9.44. The molecule has 2 bridgehead atoms. The maximum atomic E-state index is 13.4. The Hall–Kier alpha value is -2.42. The summed E-state index contributed by atoms with van der Waals surface area (Å²) in [7, 11) is -3.97. The van der Waals surface area contributed by atoms with E-state index in [1.54, 1.807) is 36.4 Å². The number of fused-ring (bicyclic) bond motifs is 3. The van der Waals surface area contributed by atoms with Crippen LogP contribution in [0.1, 0.15) is 43.5 Å². The molecule has 6 rings (SSSR count). The molecule has 3 aliphatic carbocycles. The maximum absolute atomic E-state index is 13.4. The van der Waals surface area contributed by atoms with E-state index in [9.17, 15) is 18.3 Å². The molecule has 6 nitrogen and oxygen atoms in total. The quantitative estimate of drug-likeness (QED) is 0.454. The topological polar surface area (TPSA) is 92.7 Å². The van der Waals surface area contributed by atoms with Crippen molar-refractivity contribution >= 4 is 37.4 Å². The second kappa shape index (κ2) is 8.66. The molecule has 1 amide bonds. The van der Waals surface area contributed by atoms with Gasteiger partial charge in [0.1, 0.15) is 10.6 Å². The molecule has 0 saturated heterocycles. The standard InChI is InChI=1S/C26H29NO5S2/c1-26(2)17-12-16(10-11-28)24(22(26)13-17)27-25(29)21-15-33-23-9-8-18(14-20(21)23)32-34(30,31)19-6-4-3-5-7-19/h3-9,14-17,22,24,28H,10-13H2,1-2H3,(H,27,29)/t16-,17+,22+,24+/m1/s1. The Morgan fingerprint density at radius 2 is 1.94 bits per heavy atom. The van der Waals surface area contributed by atoms with Crippen LogP contribution in [0.15, 0.2) is 58.8 Å². The summed E-state index contributed by atoms with van der Waals surface area (Å²) in [6, 6.07) is 13.0. The zero-order chi connectivity index (χ0) is 24.1. The van der Waals surface area contributed by atoms with Gasteiger partial charge >= 0.3 is 10.1 Å². The number of carbonyl (C=O) groups excluding carboxylic acids is 1. The van der Waals surface area contributed by atoms with Crippen molar-refractivity contribution in [3.05, 3.63) is 59.5 Å². The summed E-state index contributed by atoms with van der Waals surface area (Å²) in [6.07, 6.45) is 2.82. The van der Waals surface area contributed by atoms with Gasteiger partial charge in [-0.1, -0.05) is 32.0 Å². The summed E-state index contributed by atoms with van der Waals surface area (Å²) in [5.41, 5.74) is 0.706. The zero-order valence-corrected chi connectivity index (χ0v) is 20.9. The summed E-state index contributed by atoms with van der Waals surface area (Å²) in [5.74, 6) is 1.32. The molecule has 8 heteroatoms. The molecule has 3 aliphatic rings. The largest absolute Gasteiger partial charge is 0.396 e. The Morgan fingerprint density at radius 3 is 2.65 bits per heavy atom. The average molecular weight is 500 g/mol. The highest BCUT2D eigenvalue weighted by atomic mass is 32.2. The van der Waals surface area contributed by atoms with Crippen molar-refractivity contribution in [2.45, 2.75) is 44.0 Å². The van der Waals surface area contributed by atoms with Crippen LogP contribution >= 0.6 is 11.3 Å². The number of hydrogen-bond donors (Lipinski definition) is 2. The lowest BCUT2D eigenvalue weighted by Crippen LogP contribution is -2.63. The van der Waals surface area contributed by atoms with E-state index < -0.39 is 10.1 Å². The molecule has 2 aromatic carbocycles. The number of thiophene rings is 1. The van der Waals surface area contributed by atoms with E-state index in [1.165, 1.54) is 23.5 Å². The monoisotopic (exact) mass is 499 g/mol. The Morgan fingerprint density at radius 1 is 1.18 bits per heavy atom. The summed E-state index contributed by atoms with van der Waals surface area (Å²) < 4.78 is 31.5. The molecule has 3 fully saturated rings. The molecule has 34 heavy (non-hydrogen) atoms. The van der Waals surface area contributed by atoms with Crippen LogP contribution in [-0.2, 0) is 10.1 Å². The zero-order valence-electron chi connectivity index (χ0n) is 19.2. The van der Waals surface area contributed by atoms with Gasteiger partial charge in [-0.2, -0.15) is 8.42 Å². The molecule has 3 saturated carbocycles. The van der Waals surface area contributed by atoms with Crippen molar-refractivity contribution < 1.29 is 22.5 Å². The first-order chi connectivity index (χ1) is 16.2. The number of carbonyl (C=O) groups is 1. The minimum Gasteiger partial charge on any atom is -0.396 e. The van der Waals surface area contributed by atoms with Crippen molar-refractivity contribution in [3.8, 4) is 5.75 Å². The van der Waals surface area contributed by atoms with Crippen molar-refractivity contribution in [1.82, 2.24) is 5.32 Å². The SMILES string of the molecule is CC1(C)[C@H]2C[C@@H](CCO)[C@H](NC(=O)c3csc4ccc(OS(=O)(=O)c5ccccc5)cc34)[C@@H]1C2. The Kier molecular flexibility index (Phi) is 5.94. The number of nitrogens with one attached hydrogen (secondary N) is 1. The van der Waals surface area contributed by atoms with Crippen LogP contribution in [0.2, 0.25) is 0 Å². The van der Waals surface area contributed by atoms with Gasteiger partial charge in [-0.05, 0) is 72.8 Å². The molecule has 1 aromatic heterocycles. The van der Waals surface area contributed by atoms with E-state index >= 15 is 0 Å². The van der Waals surface area contributed by atoms with Crippen molar-refractivity contribution in [3.63, 3.8) is 0 Å². The highest BCUT2D eigenvalue weighted by Gasteiger charge is 2.57. The fraction of sp³-hybridized carbons (Fsp3) is 0.423. The first-order valence-electron chi connectivity index (χ1n) is 11.6. The summed E-state index contributed by atoms with van der Waals surface area (Å²) >= 11 is 1.44. The van der Waals surface area contributed by atoms with Gasteiger partial charge in [0.25, 0.3) is 5.91 Å². The molecule has 0 radical (unpaired) electrons. The van der Waals surface area contributed by atoms with Crippen LogP contribution in [0.3, 0.4) is 0 Å². The summed E-state index contributed by atoms with van der Waals surface area (Å²) in [4.78, 5) is 13.5. The number of benzene rings is 2. The Bertz CT molecular complexity index is 1320. The van der Waals surface area contributed by atoms with Gasteiger partial charge in [0.05, 0.1) is 5.56 Å². The maximum Gasteiger partial charge on any atom is 0.339 e. The van der Waals surface area contributed by atoms with Crippen LogP contribution in [0.4, 0.5) is 0 Å². The molecule has 0 unspecified atom stereocenters. The Balaban J connectivity index is 1.40. The molecule has 1 heterocycles. The first kappa shape index (κ1) is 23.3. The molecular formula is C26H29NO5S2. The number of aliphatic hydroxyl groups excluding tert-OH is 1. The molecule has 0 aliphatic heterocycles. The molecule has 3 aromatic rings. The second-order valence-electron chi connectivity index (χ2n) is 10.0. The highest BCUT2D eigenvalue weighted by molar-refractivity contribution is 7.87. The number of hydrogen-bond acceptors (Lipinski definition) is 6. The number of rotatable bonds is 7. The van der Waals surface area contributed by atoms with Gasteiger partial charge < -0.3 is 14.6 Å². The van der Waals surface area contributed by atoms with E-state index in [1.807, 2.05) is 5.38 Å². The van der Waals surface area contributed by atoms with Gasteiger partial charge in [-0.25, -0.2) is 0 Å². The summed E-state index contributed by atoms with van der Waals surface area (Å²) in [5, 5.41) is 15.3. The summed E-state index contributed by atoms with van der Waals surface area (Å²) in [6.45, 7) is 4.67. The second-order valence-corrected chi connectivity index (χ2v) is 12.5. The van der Waals surface area contributed by atoms with Crippen LogP contribution in [0, 0.1) is 23.2 Å². The molecule has 2 N–H and O–H groups in total. The highest BCUT2D eigenvalue weighted by Crippen LogP contribution is 2.61. The third kappa shape index (κ3) is 4.01. The first-order valence-corrected chi connectivity index (χ1v) is 13.9. The van der Waals surface area contributed by atoms with Gasteiger partial charge in [-0.15, -0.1) is 11.3 Å². The fourth-order valence-electron chi connectivity index (χ4n) is 5.81. The van der Waals surface area contributed by atoms with Gasteiger partial charge in [0.15, 0.2) is 0 Å². The van der Waals surface area contributed by atoms with Crippen molar-refractivity contribution in [2.24, 2.45) is 23.2 Å². The molecule has 180 valence electrons. The lowest BCUT2D eigenvalue weighted by Gasteiger charge is -2.62. The van der Waals surface area contributed by atoms with Gasteiger partial charge in [0.2, 0.25) is 0 Å². The van der Waals surface area contributed by atoms with Crippen molar-refractivity contribution in [1.29, 1.82) is 0 Å². The van der Waals surface area contributed by atoms with Crippen molar-refractivity contribution in [2.75, 3.05) is 6.61 Å². The average Bonchev–Trinajstić information content (AvgIpc) is 3.23. The van der Waals surface area contributed by atoms with E-state index in [4.69, 9.17) is 4.18 Å². The smallest absolute Gasteiger partial charge is 0.339 e. The third-order valence-electron chi connectivity index (χ3n) is 7.90. The minimum absolute atomic E-state index is 0.0208. The van der Waals surface area contributed by atoms with Gasteiger partial charge in [0, 0.05) is 28.1 Å². The molecule has 0 spiro atoms. The van der Waals surface area contributed by atoms with Gasteiger partial charge in [-0.3, -0.25) is 4.79 Å². The normalized spacial score (nSPS) is 25.5. The lowest BCUT2D eigenvalue weighted by molar-refractivity contribution is -0.114. The number of amides is 1. The third-order valence-corrected chi connectivity index (χ3v) is 10.1. The van der Waals surface area contributed by atoms with E-state index in [0.29, 0.717) is 29.2 Å². The molecular weight excluding hydrogens is 470 g/mol. The Labute approximate surface area is 204 Å². The van der Waals surface area contributed by atoms with E-state index in [-0.39, 0.29) is 40.5 Å². The molecule has 4 atom stereocenters. The van der Waals surface area contributed by atoms with E-state index in [0.717, 1.165) is 17.5 Å². The van der Waals surface area contributed by atoms with Crippen LogP contribution in [-0.4, -0.2) is 32.1 Å². The predicted octanol–water partition coefficient (Wildman–Crippen LogP) is 4.83. The predicted molar refractivity (Wildman–Crippen MR) is 133 cm³/mol. The van der Waals surface area contributed by atoms with Crippen LogP contribution in [0.5, 0.6) is 5.75 Å². The minimum atomic E-state index is -3.97. The van der Waals surface area contributed by atoms with Crippen LogP contribution in [0.25, 0.3) is 10.1 Å². The fourth-order valence-corrected chi connectivity index (χ4v) is 7.68. The van der Waals surface area contributed by atoms with Crippen LogP contribution < -0.4 is 9.50 Å². The number of aliphatic hydroxyl groups is 1.